The van der Waals surface area contributed by atoms with Gasteiger partial charge in [-0.2, -0.15) is 4.57 Å². The third-order valence-corrected chi connectivity index (χ3v) is 23.0. The van der Waals surface area contributed by atoms with Gasteiger partial charge in [-0.15, -0.1) is 0 Å². The van der Waals surface area contributed by atoms with Crippen LogP contribution in [0, 0.1) is 0 Å². The van der Waals surface area contributed by atoms with Crippen molar-refractivity contribution in [1.29, 1.82) is 0 Å². The molecule has 0 aliphatic heterocycles. The molecule has 5 heteroatoms. The van der Waals surface area contributed by atoms with Crippen molar-refractivity contribution in [3.05, 3.63) is 229 Å². The Kier molecular flexibility index (Phi) is 25.7. The van der Waals surface area contributed by atoms with Gasteiger partial charge in [0.05, 0.1) is 0 Å². The fourth-order valence-electron chi connectivity index (χ4n) is 17.3. The van der Waals surface area contributed by atoms with Crippen molar-refractivity contribution in [3.63, 3.8) is 0 Å². The van der Waals surface area contributed by atoms with Crippen molar-refractivity contribution in [3.8, 4) is 84.0 Å². The molecular formula is C99H129O4P. The van der Waals surface area contributed by atoms with E-state index < -0.39 is 7.82 Å². The molecule has 554 valence electrons. The predicted molar refractivity (Wildman–Crippen MR) is 453 cm³/mol. The van der Waals surface area contributed by atoms with Gasteiger partial charge in [-0.3, -0.25) is 0 Å². The van der Waals surface area contributed by atoms with E-state index in [1.54, 1.807) is 0 Å². The molecule has 0 atom stereocenters. The molecule has 0 saturated heterocycles. The SMILES string of the molecule is CC(C)c1ccc(-c2ccc(OP(=O)(Oc3ccc(-c4ccc(C(C)C)c(-c5ccc(C(C)C)c(C(C)C)c5C(C)C)c4C(C)C)cc3)Oc3ccc(-c4ccc(C(C)C)c(-c5ccc(C(C)C)c(C(C)C)c5C(C)C)c4C(C)C)cc3)cc2)c(C(C)C)c1-c1ccc(C(C)C)c(C(C)C)c1C(C)C. The van der Waals surface area contributed by atoms with E-state index in [2.05, 4.69) is 317 Å². The Labute approximate surface area is 631 Å². The standard InChI is InChI=1S/C99H129O4P/c1-55(2)76-46-52-85(94(67(25)26)88(76)61(13)14)97-79(58(7)8)43-49-82(91(97)64(19)20)70-31-37-73(38-32-70)101-104(100,102-74-39-33-71(34-40-74)83-50-44-80(59(9)10)98(92(83)65(21)22)86-53-47-77(56(3)4)89(62(15)16)95(86)68(27)28)103-75-41-35-72(36-42-75)84-51-45-81(60(11)12)99(93(84)66(23)24)87-54-48-78(57(5)6)90(63(17)18)96(87)69(29)30/h31-69H,1-30H3. The number of phosphoric acid groups is 1. The summed E-state index contributed by atoms with van der Waals surface area (Å²) in [6, 6.07) is 52.6. The Morgan fingerprint density at radius 1 is 0.183 bits per heavy atom. The van der Waals surface area contributed by atoms with Gasteiger partial charge in [-0.05, 0) is 275 Å². The van der Waals surface area contributed by atoms with Crippen LogP contribution in [0.25, 0.3) is 66.8 Å². The summed E-state index contributed by atoms with van der Waals surface area (Å²) in [5.41, 5.74) is 35.8. The number of hydrogen-bond donors (Lipinski definition) is 0. The highest BCUT2D eigenvalue weighted by molar-refractivity contribution is 7.49. The van der Waals surface area contributed by atoms with E-state index in [-0.39, 0.29) is 17.8 Å². The Bertz CT molecular complexity index is 4060. The van der Waals surface area contributed by atoms with Gasteiger partial charge >= 0.3 is 7.82 Å². The molecule has 0 aliphatic rings. The molecule has 9 aromatic rings. The van der Waals surface area contributed by atoms with Crippen LogP contribution in [0.2, 0.25) is 0 Å². The molecule has 0 saturated carbocycles. The topological polar surface area (TPSA) is 44.8 Å². The van der Waals surface area contributed by atoms with Crippen LogP contribution in [0.4, 0.5) is 0 Å². The first-order valence-corrected chi connectivity index (χ1v) is 41.4. The van der Waals surface area contributed by atoms with E-state index in [0.29, 0.717) is 88.3 Å². The number of rotatable bonds is 27. The Morgan fingerprint density at radius 2 is 0.356 bits per heavy atom. The first-order valence-electron chi connectivity index (χ1n) is 39.9. The van der Waals surface area contributed by atoms with Crippen molar-refractivity contribution in [2.75, 3.05) is 0 Å². The minimum atomic E-state index is -4.54. The van der Waals surface area contributed by atoms with Crippen LogP contribution in [0.1, 0.15) is 380 Å². The minimum absolute atomic E-state index is 0.203. The highest BCUT2D eigenvalue weighted by atomic mass is 31.2. The summed E-state index contributed by atoms with van der Waals surface area (Å²) >= 11 is 0. The van der Waals surface area contributed by atoms with Gasteiger partial charge in [0.25, 0.3) is 0 Å². The van der Waals surface area contributed by atoms with E-state index in [1.807, 2.05) is 36.4 Å². The first kappa shape index (κ1) is 80.7. The van der Waals surface area contributed by atoms with E-state index in [0.717, 1.165) is 16.7 Å². The van der Waals surface area contributed by atoms with Gasteiger partial charge in [0.1, 0.15) is 17.2 Å². The molecule has 0 aromatic heterocycles. The van der Waals surface area contributed by atoms with E-state index >= 15 is 4.57 Å². The van der Waals surface area contributed by atoms with Crippen molar-refractivity contribution in [2.24, 2.45) is 0 Å². The molecule has 4 nitrogen and oxygen atoms in total. The van der Waals surface area contributed by atoms with Crippen molar-refractivity contribution in [1.82, 2.24) is 0 Å². The summed E-state index contributed by atoms with van der Waals surface area (Å²) in [5, 5.41) is 0. The molecule has 9 rings (SSSR count). The molecule has 0 spiro atoms. The van der Waals surface area contributed by atoms with Crippen LogP contribution in [0.3, 0.4) is 0 Å². The number of hydrogen-bond acceptors (Lipinski definition) is 4. The molecule has 0 bridgehead atoms. The van der Waals surface area contributed by atoms with Gasteiger partial charge < -0.3 is 13.6 Å². The molecule has 0 radical (unpaired) electrons. The molecule has 104 heavy (non-hydrogen) atoms. The van der Waals surface area contributed by atoms with Crippen molar-refractivity contribution in [2.45, 2.75) is 296 Å². The van der Waals surface area contributed by atoms with Crippen LogP contribution < -0.4 is 13.6 Å². The molecule has 0 unspecified atom stereocenters. The zero-order chi connectivity index (χ0) is 76.6. The molecule has 0 N–H and O–H groups in total. The third kappa shape index (κ3) is 16.6. The lowest BCUT2D eigenvalue weighted by Gasteiger charge is -2.30. The first-order chi connectivity index (χ1) is 48.9. The summed E-state index contributed by atoms with van der Waals surface area (Å²) in [6.07, 6.45) is 0. The van der Waals surface area contributed by atoms with Gasteiger partial charge in [-0.25, -0.2) is 0 Å². The van der Waals surface area contributed by atoms with E-state index in [9.17, 15) is 0 Å². The number of phosphoric ester groups is 1. The van der Waals surface area contributed by atoms with Crippen LogP contribution in [0.15, 0.2) is 146 Å². The average Bonchev–Trinajstić information content (AvgIpc) is 0.756. The summed E-state index contributed by atoms with van der Waals surface area (Å²) in [7, 11) is -4.54. The summed E-state index contributed by atoms with van der Waals surface area (Å²) < 4.78 is 36.3. The molecule has 0 aliphatic carbocycles. The zero-order valence-corrected chi connectivity index (χ0v) is 70.5. The monoisotopic (exact) mass is 1410 g/mol. The third-order valence-electron chi connectivity index (χ3n) is 21.7. The molecule has 0 fully saturated rings. The maximum absolute atomic E-state index is 16.1. The van der Waals surface area contributed by atoms with E-state index in [4.69, 9.17) is 13.6 Å². The lowest BCUT2D eigenvalue weighted by molar-refractivity contribution is 0.298. The normalized spacial score (nSPS) is 12.5. The molecule has 0 heterocycles. The largest absolute Gasteiger partial charge is 0.647 e. The molecule has 0 amide bonds. The summed E-state index contributed by atoms with van der Waals surface area (Å²) in [5.74, 6) is 5.93. The second-order valence-electron chi connectivity index (χ2n) is 34.7. The van der Waals surface area contributed by atoms with E-state index in [1.165, 1.54) is 134 Å². The van der Waals surface area contributed by atoms with Gasteiger partial charge in [0, 0.05) is 0 Å². The maximum atomic E-state index is 16.1. The molecule has 9 aromatic carbocycles. The fourth-order valence-corrected chi connectivity index (χ4v) is 18.5. The Hall–Kier alpha value is -7.39. The van der Waals surface area contributed by atoms with Crippen LogP contribution in [-0.2, 0) is 4.57 Å². The van der Waals surface area contributed by atoms with Crippen molar-refractivity contribution >= 4 is 7.82 Å². The quantitative estimate of drug-likeness (QED) is 0.0481. The fraction of sp³-hybridized carbons (Fsp3) is 0.455. The van der Waals surface area contributed by atoms with Crippen LogP contribution in [-0.4, -0.2) is 0 Å². The summed E-state index contributed by atoms with van der Waals surface area (Å²) in [6.45, 7) is 70.2. The lowest BCUT2D eigenvalue weighted by Crippen LogP contribution is -2.10. The number of benzene rings is 9. The van der Waals surface area contributed by atoms with Crippen molar-refractivity contribution < 1.29 is 18.1 Å². The maximum Gasteiger partial charge on any atom is 0.647 e. The van der Waals surface area contributed by atoms with Crippen LogP contribution in [0.5, 0.6) is 17.2 Å². The Balaban J connectivity index is 1.18. The predicted octanol–water partition coefficient (Wildman–Crippen LogP) is 32.2. The highest BCUT2D eigenvalue weighted by Gasteiger charge is 2.36. The summed E-state index contributed by atoms with van der Waals surface area (Å²) in [4.78, 5) is 0. The average molecular weight is 1410 g/mol. The molecular weight excluding hydrogens is 1280 g/mol. The highest BCUT2D eigenvalue weighted by Crippen LogP contribution is 2.55. The minimum Gasteiger partial charge on any atom is -0.386 e. The second kappa shape index (κ2) is 33.2. The Morgan fingerprint density at radius 3 is 0.529 bits per heavy atom. The zero-order valence-electron chi connectivity index (χ0n) is 69.6. The van der Waals surface area contributed by atoms with Gasteiger partial charge in [-0.1, -0.05) is 317 Å². The second-order valence-corrected chi connectivity index (χ2v) is 36.1. The van der Waals surface area contributed by atoms with Gasteiger partial charge in [0.15, 0.2) is 0 Å². The smallest absolute Gasteiger partial charge is 0.386 e. The van der Waals surface area contributed by atoms with Crippen LogP contribution >= 0.6 is 7.82 Å². The van der Waals surface area contributed by atoms with Gasteiger partial charge in [0.2, 0.25) is 0 Å². The lowest BCUT2D eigenvalue weighted by atomic mass is 9.74.